The molecule has 1 nitrogen and oxygen atoms in total. The third-order valence-electron chi connectivity index (χ3n) is 4.06. The highest BCUT2D eigenvalue weighted by Crippen LogP contribution is 2.36. The number of rotatable bonds is 3. The van der Waals surface area contributed by atoms with E-state index in [1.165, 1.54) is 28.0 Å². The van der Waals surface area contributed by atoms with Crippen LogP contribution in [0.5, 0.6) is 0 Å². The van der Waals surface area contributed by atoms with Crippen molar-refractivity contribution in [2.45, 2.75) is 26.2 Å². The normalized spacial score (nSPS) is 15.2. The molecule has 0 radical (unpaired) electrons. The van der Waals surface area contributed by atoms with Gasteiger partial charge in [-0.15, -0.1) is 0 Å². The third-order valence-corrected chi connectivity index (χ3v) is 4.06. The number of nitrogens with zero attached hydrogens (tertiary/aromatic N) is 1. The average Bonchev–Trinajstić information content (AvgIpc) is 2.99. The van der Waals surface area contributed by atoms with Crippen LogP contribution >= 0.6 is 0 Å². The first-order chi connectivity index (χ1) is 9.77. The SMILES string of the molecule is Cc1cccc(C(C2=CCC=N2)c2ccccc2)c1C. The minimum Gasteiger partial charge on any atom is -0.265 e. The zero-order valence-corrected chi connectivity index (χ0v) is 12.0. The van der Waals surface area contributed by atoms with Crippen LogP contribution < -0.4 is 0 Å². The van der Waals surface area contributed by atoms with Crippen molar-refractivity contribution in [2.24, 2.45) is 4.99 Å². The molecule has 1 aliphatic heterocycles. The summed E-state index contributed by atoms with van der Waals surface area (Å²) in [7, 11) is 0. The lowest BCUT2D eigenvalue weighted by molar-refractivity contribution is 0.919. The number of hydrogen-bond donors (Lipinski definition) is 0. The smallest absolute Gasteiger partial charge is 0.0512 e. The van der Waals surface area contributed by atoms with E-state index in [1.54, 1.807) is 0 Å². The molecule has 0 saturated heterocycles. The van der Waals surface area contributed by atoms with Crippen LogP contribution in [0.4, 0.5) is 0 Å². The maximum atomic E-state index is 4.60. The molecule has 0 saturated carbocycles. The maximum absolute atomic E-state index is 4.60. The minimum atomic E-state index is 0.245. The fourth-order valence-electron chi connectivity index (χ4n) is 2.82. The standard InChI is InChI=1S/C19H19N/c1-14-8-6-11-17(15(14)2)19(18-12-7-13-20-18)16-9-4-3-5-10-16/h3-6,8-13,19H,7H2,1-2H3. The van der Waals surface area contributed by atoms with Gasteiger partial charge in [0.05, 0.1) is 5.92 Å². The molecular weight excluding hydrogens is 242 g/mol. The van der Waals surface area contributed by atoms with Crippen molar-refractivity contribution in [2.75, 3.05) is 0 Å². The highest BCUT2D eigenvalue weighted by molar-refractivity contribution is 5.66. The lowest BCUT2D eigenvalue weighted by Crippen LogP contribution is -2.05. The quantitative estimate of drug-likeness (QED) is 0.753. The van der Waals surface area contributed by atoms with Crippen molar-refractivity contribution < 1.29 is 0 Å². The molecule has 0 bridgehead atoms. The van der Waals surface area contributed by atoms with Crippen molar-refractivity contribution >= 4 is 6.21 Å². The molecule has 0 aliphatic carbocycles. The monoisotopic (exact) mass is 261 g/mol. The topological polar surface area (TPSA) is 12.4 Å². The first-order valence-electron chi connectivity index (χ1n) is 7.11. The van der Waals surface area contributed by atoms with Crippen molar-refractivity contribution in [1.82, 2.24) is 0 Å². The van der Waals surface area contributed by atoms with Gasteiger partial charge in [0.15, 0.2) is 0 Å². The Balaban J connectivity index is 2.15. The Kier molecular flexibility index (Phi) is 3.51. The van der Waals surface area contributed by atoms with E-state index in [2.05, 4.69) is 73.4 Å². The first kappa shape index (κ1) is 12.9. The molecule has 1 unspecified atom stereocenters. The summed E-state index contributed by atoms with van der Waals surface area (Å²) < 4.78 is 0. The fraction of sp³-hybridized carbons (Fsp3) is 0.211. The molecule has 0 N–H and O–H groups in total. The molecule has 2 aromatic carbocycles. The van der Waals surface area contributed by atoms with Gasteiger partial charge in [0.1, 0.15) is 0 Å². The van der Waals surface area contributed by atoms with Gasteiger partial charge in [-0.3, -0.25) is 4.99 Å². The predicted octanol–water partition coefficient (Wildman–Crippen LogP) is 4.79. The Hall–Kier alpha value is -2.15. The van der Waals surface area contributed by atoms with Crippen LogP contribution in [0.3, 0.4) is 0 Å². The van der Waals surface area contributed by atoms with E-state index in [9.17, 15) is 0 Å². The molecule has 3 rings (SSSR count). The zero-order valence-electron chi connectivity index (χ0n) is 12.0. The lowest BCUT2D eigenvalue weighted by Gasteiger charge is -2.21. The van der Waals surface area contributed by atoms with Gasteiger partial charge in [0, 0.05) is 18.3 Å². The van der Waals surface area contributed by atoms with Gasteiger partial charge in [0.25, 0.3) is 0 Å². The molecular formula is C19H19N. The van der Waals surface area contributed by atoms with Gasteiger partial charge in [0.2, 0.25) is 0 Å². The third kappa shape index (κ3) is 2.32. The Morgan fingerprint density at radius 2 is 1.75 bits per heavy atom. The summed E-state index contributed by atoms with van der Waals surface area (Å²) in [6, 6.07) is 17.2. The van der Waals surface area contributed by atoms with Crippen molar-refractivity contribution in [3.63, 3.8) is 0 Å². The van der Waals surface area contributed by atoms with Crippen molar-refractivity contribution in [3.8, 4) is 0 Å². The number of benzene rings is 2. The van der Waals surface area contributed by atoms with E-state index in [-0.39, 0.29) is 5.92 Å². The van der Waals surface area contributed by atoms with E-state index in [1.807, 2.05) is 6.21 Å². The summed E-state index contributed by atoms with van der Waals surface area (Å²) >= 11 is 0. The first-order valence-corrected chi connectivity index (χ1v) is 7.11. The number of allylic oxidation sites excluding steroid dienone is 2. The van der Waals surface area contributed by atoms with Gasteiger partial charge < -0.3 is 0 Å². The molecule has 0 aromatic heterocycles. The second-order valence-corrected chi connectivity index (χ2v) is 5.31. The Bertz CT molecular complexity index is 665. The molecule has 20 heavy (non-hydrogen) atoms. The van der Waals surface area contributed by atoms with E-state index in [0.717, 1.165) is 6.42 Å². The summed E-state index contributed by atoms with van der Waals surface area (Å²) in [6.45, 7) is 4.38. The number of aliphatic imine (C=N–C) groups is 1. The van der Waals surface area contributed by atoms with Crippen molar-refractivity contribution in [1.29, 1.82) is 0 Å². The highest BCUT2D eigenvalue weighted by Gasteiger charge is 2.21. The van der Waals surface area contributed by atoms with Crippen LogP contribution in [0, 0.1) is 13.8 Å². The van der Waals surface area contributed by atoms with Crippen LogP contribution in [0.1, 0.15) is 34.6 Å². The van der Waals surface area contributed by atoms with Crippen LogP contribution in [0.15, 0.2) is 65.3 Å². The molecule has 2 aromatic rings. The molecule has 100 valence electrons. The summed E-state index contributed by atoms with van der Waals surface area (Å²) in [6.07, 6.45) is 5.18. The molecule has 1 aliphatic rings. The summed E-state index contributed by atoms with van der Waals surface area (Å²) in [5.41, 5.74) is 6.55. The van der Waals surface area contributed by atoms with E-state index < -0.39 is 0 Å². The summed E-state index contributed by atoms with van der Waals surface area (Å²) in [5, 5.41) is 0. The molecule has 1 atom stereocenters. The molecule has 0 spiro atoms. The van der Waals surface area contributed by atoms with Crippen LogP contribution in [0.25, 0.3) is 0 Å². The molecule has 0 amide bonds. The van der Waals surface area contributed by atoms with Crippen molar-refractivity contribution in [3.05, 3.63) is 82.6 Å². The Morgan fingerprint density at radius 3 is 2.45 bits per heavy atom. The van der Waals surface area contributed by atoms with Crippen LogP contribution in [-0.4, -0.2) is 6.21 Å². The van der Waals surface area contributed by atoms with E-state index in [4.69, 9.17) is 0 Å². The Labute approximate surface area is 120 Å². The largest absolute Gasteiger partial charge is 0.265 e. The fourth-order valence-corrected chi connectivity index (χ4v) is 2.82. The molecule has 0 fully saturated rings. The second-order valence-electron chi connectivity index (χ2n) is 5.31. The number of hydrogen-bond acceptors (Lipinski definition) is 1. The van der Waals surface area contributed by atoms with Crippen LogP contribution in [0.2, 0.25) is 0 Å². The summed E-state index contributed by atoms with van der Waals surface area (Å²) in [4.78, 5) is 4.60. The number of aryl methyl sites for hydroxylation is 1. The average molecular weight is 261 g/mol. The minimum absolute atomic E-state index is 0.245. The Morgan fingerprint density at radius 1 is 0.950 bits per heavy atom. The van der Waals surface area contributed by atoms with Gasteiger partial charge in [-0.2, -0.15) is 0 Å². The van der Waals surface area contributed by atoms with Gasteiger partial charge in [-0.05, 0) is 36.1 Å². The summed E-state index contributed by atoms with van der Waals surface area (Å²) in [5.74, 6) is 0.245. The van der Waals surface area contributed by atoms with Gasteiger partial charge in [-0.1, -0.05) is 54.6 Å². The molecule has 1 heteroatoms. The highest BCUT2D eigenvalue weighted by atomic mass is 14.8. The van der Waals surface area contributed by atoms with Gasteiger partial charge in [-0.25, -0.2) is 0 Å². The van der Waals surface area contributed by atoms with E-state index >= 15 is 0 Å². The van der Waals surface area contributed by atoms with E-state index in [0.29, 0.717) is 0 Å². The second kappa shape index (κ2) is 5.46. The predicted molar refractivity (Wildman–Crippen MR) is 85.4 cm³/mol. The van der Waals surface area contributed by atoms with Crippen LogP contribution in [-0.2, 0) is 0 Å². The molecule has 1 heterocycles. The lowest BCUT2D eigenvalue weighted by atomic mass is 9.85. The zero-order chi connectivity index (χ0) is 13.9. The van der Waals surface area contributed by atoms with Gasteiger partial charge >= 0.3 is 0 Å². The maximum Gasteiger partial charge on any atom is 0.0512 e.